The maximum absolute atomic E-state index is 5.23. The monoisotopic (exact) mass is 325 g/mol. The van der Waals surface area contributed by atoms with Gasteiger partial charge in [0.05, 0.1) is 16.8 Å². The Bertz CT molecular complexity index is 627. The van der Waals surface area contributed by atoms with Crippen molar-refractivity contribution in [1.29, 1.82) is 0 Å². The summed E-state index contributed by atoms with van der Waals surface area (Å²) in [6, 6.07) is 1.94. The number of hydrogen-bond donors (Lipinski definition) is 1. The lowest BCUT2D eigenvalue weighted by molar-refractivity contribution is 0.181. The summed E-state index contributed by atoms with van der Waals surface area (Å²) < 4.78 is 6.42. The molecule has 0 saturated carbocycles. The molecule has 2 heterocycles. The Balaban J connectivity index is 2.59. The number of pyridine rings is 1. The lowest BCUT2D eigenvalue weighted by Gasteiger charge is -2.09. The van der Waals surface area contributed by atoms with Crippen LogP contribution in [0.1, 0.15) is 11.3 Å². The molecule has 0 amide bonds. The van der Waals surface area contributed by atoms with Gasteiger partial charge in [-0.15, -0.1) is 0 Å². The van der Waals surface area contributed by atoms with Gasteiger partial charge in [-0.1, -0.05) is 12.2 Å². The van der Waals surface area contributed by atoms with E-state index in [0.717, 1.165) is 21.3 Å². The first kappa shape index (κ1) is 13.3. The highest BCUT2D eigenvalue weighted by atomic mass is 79.9. The van der Waals surface area contributed by atoms with Crippen molar-refractivity contribution in [2.75, 3.05) is 7.11 Å². The third-order valence-electron chi connectivity index (χ3n) is 2.52. The third kappa shape index (κ3) is 2.66. The average Bonchev–Trinajstić information content (AvgIpc) is 2.35. The number of hydrogen-bond acceptors (Lipinski definition) is 4. The van der Waals surface area contributed by atoms with Crippen molar-refractivity contribution in [2.45, 2.75) is 13.5 Å². The Morgan fingerprint density at radius 1 is 1.50 bits per heavy atom. The molecule has 2 aromatic heterocycles. The van der Waals surface area contributed by atoms with E-state index in [1.54, 1.807) is 19.5 Å². The van der Waals surface area contributed by atoms with Gasteiger partial charge in [-0.2, -0.15) is 0 Å². The average molecular weight is 326 g/mol. The number of methoxy groups -OCH3 is 1. The second-order valence-electron chi connectivity index (χ2n) is 3.81. The Labute approximate surface area is 119 Å². The first-order valence-electron chi connectivity index (χ1n) is 5.32. The first-order valence-corrected chi connectivity index (χ1v) is 6.52. The van der Waals surface area contributed by atoms with Crippen LogP contribution in [-0.2, 0) is 11.3 Å². The van der Waals surface area contributed by atoms with Crippen LogP contribution in [0.5, 0.6) is 0 Å². The highest BCUT2D eigenvalue weighted by Gasteiger charge is 2.09. The van der Waals surface area contributed by atoms with Crippen LogP contribution in [0.4, 0.5) is 0 Å². The molecule has 2 rings (SSSR count). The van der Waals surface area contributed by atoms with Crippen molar-refractivity contribution >= 4 is 28.1 Å². The molecule has 0 fully saturated rings. The van der Waals surface area contributed by atoms with Crippen LogP contribution in [0.2, 0.25) is 0 Å². The summed E-state index contributed by atoms with van der Waals surface area (Å²) in [5.41, 5.74) is 2.90. The Morgan fingerprint density at radius 2 is 2.28 bits per heavy atom. The molecule has 0 spiro atoms. The van der Waals surface area contributed by atoms with Gasteiger partial charge in [-0.25, -0.2) is 4.98 Å². The van der Waals surface area contributed by atoms with E-state index in [9.17, 15) is 0 Å². The van der Waals surface area contributed by atoms with Crippen LogP contribution < -0.4 is 0 Å². The fraction of sp³-hybridized carbons (Fsp3) is 0.250. The molecule has 18 heavy (non-hydrogen) atoms. The summed E-state index contributed by atoms with van der Waals surface area (Å²) in [5, 5.41) is 0. The summed E-state index contributed by atoms with van der Waals surface area (Å²) in [5.74, 6) is 0.709. The van der Waals surface area contributed by atoms with Crippen molar-refractivity contribution in [1.82, 2.24) is 15.0 Å². The van der Waals surface area contributed by atoms with Crippen LogP contribution in [-0.4, -0.2) is 22.1 Å². The van der Waals surface area contributed by atoms with Gasteiger partial charge in [0.15, 0.2) is 0 Å². The lowest BCUT2D eigenvalue weighted by atomic mass is 10.1. The molecule has 0 aliphatic carbocycles. The van der Waals surface area contributed by atoms with Crippen molar-refractivity contribution in [3.8, 4) is 11.4 Å². The van der Waals surface area contributed by atoms with Crippen LogP contribution >= 0.6 is 28.1 Å². The Morgan fingerprint density at radius 3 is 2.94 bits per heavy atom. The zero-order valence-corrected chi connectivity index (χ0v) is 12.4. The quantitative estimate of drug-likeness (QED) is 0.878. The maximum atomic E-state index is 5.23. The maximum Gasteiger partial charge on any atom is 0.144 e. The third-order valence-corrected chi connectivity index (χ3v) is 3.93. The van der Waals surface area contributed by atoms with Gasteiger partial charge in [-0.05, 0) is 34.5 Å². The molecule has 4 nitrogen and oxygen atoms in total. The fourth-order valence-corrected chi connectivity index (χ4v) is 2.11. The molecule has 0 bridgehead atoms. The van der Waals surface area contributed by atoms with Crippen molar-refractivity contribution < 1.29 is 4.74 Å². The minimum Gasteiger partial charge on any atom is -0.378 e. The molecule has 94 valence electrons. The summed E-state index contributed by atoms with van der Waals surface area (Å²) >= 11 is 8.64. The molecule has 2 aromatic rings. The van der Waals surface area contributed by atoms with E-state index in [1.165, 1.54) is 0 Å². The van der Waals surface area contributed by atoms with E-state index in [4.69, 9.17) is 17.0 Å². The first-order chi connectivity index (χ1) is 8.63. The summed E-state index contributed by atoms with van der Waals surface area (Å²) in [7, 11) is 1.64. The molecule has 0 saturated heterocycles. The van der Waals surface area contributed by atoms with Crippen LogP contribution in [0, 0.1) is 11.6 Å². The smallest absolute Gasteiger partial charge is 0.144 e. The van der Waals surface area contributed by atoms with Gasteiger partial charge >= 0.3 is 0 Å². The SMILES string of the molecule is COCc1[nH]c(-c2cnccc2C)nc(=S)c1Br. The minimum atomic E-state index is 0.444. The Hall–Kier alpha value is -1.11. The fourth-order valence-electron chi connectivity index (χ4n) is 1.59. The van der Waals surface area contributed by atoms with E-state index in [-0.39, 0.29) is 0 Å². The standard InChI is InChI=1S/C12H12BrN3OS/c1-7-3-4-14-5-8(7)11-15-9(6-17-2)10(13)12(18)16-11/h3-5H,6H2,1-2H3,(H,15,16,18). The largest absolute Gasteiger partial charge is 0.378 e. The number of halogens is 1. The number of nitrogens with zero attached hydrogens (tertiary/aromatic N) is 2. The van der Waals surface area contributed by atoms with Crippen molar-refractivity contribution in [2.24, 2.45) is 0 Å². The molecule has 0 unspecified atom stereocenters. The zero-order chi connectivity index (χ0) is 13.1. The van der Waals surface area contributed by atoms with Crippen LogP contribution in [0.15, 0.2) is 22.9 Å². The molecular formula is C12H12BrN3OS. The second kappa shape index (κ2) is 5.69. The topological polar surface area (TPSA) is 50.8 Å². The van der Waals surface area contributed by atoms with Gasteiger partial charge in [-0.3, -0.25) is 4.98 Å². The van der Waals surface area contributed by atoms with E-state index < -0.39 is 0 Å². The molecule has 6 heteroatoms. The molecule has 0 aliphatic heterocycles. The minimum absolute atomic E-state index is 0.444. The van der Waals surface area contributed by atoms with Gasteiger partial charge in [0.2, 0.25) is 0 Å². The highest BCUT2D eigenvalue weighted by Crippen LogP contribution is 2.23. The van der Waals surface area contributed by atoms with E-state index in [0.29, 0.717) is 17.1 Å². The Kier molecular flexibility index (Phi) is 4.21. The summed E-state index contributed by atoms with van der Waals surface area (Å²) in [6.07, 6.45) is 3.52. The van der Waals surface area contributed by atoms with E-state index >= 15 is 0 Å². The predicted molar refractivity (Wildman–Crippen MR) is 75.8 cm³/mol. The molecular weight excluding hydrogens is 314 g/mol. The van der Waals surface area contributed by atoms with Gasteiger partial charge in [0, 0.05) is 25.1 Å². The van der Waals surface area contributed by atoms with Crippen molar-refractivity contribution in [3.05, 3.63) is 38.8 Å². The zero-order valence-electron chi connectivity index (χ0n) is 10.0. The van der Waals surface area contributed by atoms with E-state index in [2.05, 4.69) is 30.9 Å². The normalized spacial score (nSPS) is 10.6. The van der Waals surface area contributed by atoms with Gasteiger partial charge in [0.1, 0.15) is 10.5 Å². The molecule has 0 aliphatic rings. The number of aromatic amines is 1. The lowest BCUT2D eigenvalue weighted by Crippen LogP contribution is -2.01. The number of H-pyrrole nitrogens is 1. The summed E-state index contributed by atoms with van der Waals surface area (Å²) in [6.45, 7) is 2.45. The molecule has 0 aromatic carbocycles. The number of nitrogens with one attached hydrogen (secondary N) is 1. The number of aromatic nitrogens is 3. The van der Waals surface area contributed by atoms with Gasteiger partial charge in [0.25, 0.3) is 0 Å². The van der Waals surface area contributed by atoms with Crippen LogP contribution in [0.3, 0.4) is 0 Å². The number of ether oxygens (including phenoxy) is 1. The molecule has 0 radical (unpaired) electrons. The number of rotatable bonds is 3. The highest BCUT2D eigenvalue weighted by molar-refractivity contribution is 9.10. The molecule has 0 atom stereocenters. The number of aryl methyl sites for hydroxylation is 1. The summed E-state index contributed by atoms with van der Waals surface area (Å²) in [4.78, 5) is 11.7. The van der Waals surface area contributed by atoms with Gasteiger partial charge < -0.3 is 9.72 Å². The molecule has 1 N–H and O–H groups in total. The van der Waals surface area contributed by atoms with Crippen molar-refractivity contribution in [3.63, 3.8) is 0 Å². The predicted octanol–water partition coefficient (Wildman–Crippen LogP) is 3.42. The second-order valence-corrected chi connectivity index (χ2v) is 4.99. The van der Waals surface area contributed by atoms with Crippen LogP contribution in [0.25, 0.3) is 11.4 Å². The van der Waals surface area contributed by atoms with E-state index in [1.807, 2.05) is 13.0 Å².